The van der Waals surface area contributed by atoms with Crippen molar-refractivity contribution in [1.29, 1.82) is 0 Å². The molecule has 0 N–H and O–H groups in total. The maximum Gasteiger partial charge on any atom is 0.139 e. The Labute approximate surface area is 135 Å². The van der Waals surface area contributed by atoms with Crippen LogP contribution in [0.2, 0.25) is 0 Å². The van der Waals surface area contributed by atoms with Gasteiger partial charge in [-0.2, -0.15) is 11.8 Å². The summed E-state index contributed by atoms with van der Waals surface area (Å²) >= 11 is 2.09. The van der Waals surface area contributed by atoms with Crippen LogP contribution in [0.25, 0.3) is 10.9 Å². The number of piperidine rings is 1. The first-order valence-corrected chi connectivity index (χ1v) is 9.34. The zero-order valence-corrected chi connectivity index (χ0v) is 13.6. The Hall–Kier alpha value is -1.33. The van der Waals surface area contributed by atoms with E-state index in [2.05, 4.69) is 49.7 Å². The second-order valence-electron chi connectivity index (χ2n) is 6.08. The average molecular weight is 314 g/mol. The van der Waals surface area contributed by atoms with E-state index in [-0.39, 0.29) is 0 Å². The minimum atomic E-state index is 0.769. The van der Waals surface area contributed by atoms with Crippen LogP contribution in [0.1, 0.15) is 12.8 Å². The standard InChI is InChI=1S/C17H22N4S/c1-2-4-16-15(3-1)17(19-13-18-16)21-7-5-14(6-8-21)20-9-11-22-12-10-20/h1-4,13-14H,5-12H2. The Bertz CT molecular complexity index is 628. The smallest absolute Gasteiger partial charge is 0.139 e. The average Bonchev–Trinajstić information content (AvgIpc) is 2.62. The van der Waals surface area contributed by atoms with Crippen molar-refractivity contribution in [3.05, 3.63) is 30.6 Å². The van der Waals surface area contributed by atoms with E-state index < -0.39 is 0 Å². The highest BCUT2D eigenvalue weighted by Gasteiger charge is 2.26. The zero-order valence-electron chi connectivity index (χ0n) is 12.8. The van der Waals surface area contributed by atoms with Crippen molar-refractivity contribution in [2.24, 2.45) is 0 Å². The third kappa shape index (κ3) is 2.79. The fourth-order valence-electron chi connectivity index (χ4n) is 3.63. The molecule has 3 heterocycles. The molecule has 4 nitrogen and oxygen atoms in total. The van der Waals surface area contributed by atoms with E-state index in [0.29, 0.717) is 0 Å². The van der Waals surface area contributed by atoms with Crippen molar-refractivity contribution < 1.29 is 0 Å². The molecule has 0 spiro atoms. The number of hydrogen-bond acceptors (Lipinski definition) is 5. The summed E-state index contributed by atoms with van der Waals surface area (Å²) in [6, 6.07) is 9.09. The summed E-state index contributed by atoms with van der Waals surface area (Å²) in [5.74, 6) is 3.71. The van der Waals surface area contributed by atoms with Crippen LogP contribution in [0.5, 0.6) is 0 Å². The number of nitrogens with zero attached hydrogens (tertiary/aromatic N) is 4. The highest BCUT2D eigenvalue weighted by atomic mass is 32.2. The summed E-state index contributed by atoms with van der Waals surface area (Å²) in [5, 5.41) is 1.18. The first-order chi connectivity index (χ1) is 10.9. The molecule has 4 rings (SSSR count). The Morgan fingerprint density at radius 3 is 2.55 bits per heavy atom. The highest BCUT2D eigenvalue weighted by molar-refractivity contribution is 7.99. The molecule has 0 radical (unpaired) electrons. The predicted octanol–water partition coefficient (Wildman–Crippen LogP) is 2.65. The van der Waals surface area contributed by atoms with Crippen LogP contribution in [-0.4, -0.2) is 58.6 Å². The fourth-order valence-corrected chi connectivity index (χ4v) is 4.56. The molecular weight excluding hydrogens is 292 g/mol. The van der Waals surface area contributed by atoms with Crippen LogP contribution in [0, 0.1) is 0 Å². The van der Waals surface area contributed by atoms with Crippen LogP contribution >= 0.6 is 11.8 Å². The summed E-state index contributed by atoms with van der Waals surface area (Å²) < 4.78 is 0. The Morgan fingerprint density at radius 2 is 1.73 bits per heavy atom. The van der Waals surface area contributed by atoms with Crippen molar-refractivity contribution in [3.63, 3.8) is 0 Å². The molecule has 5 heteroatoms. The number of anilines is 1. The predicted molar refractivity (Wildman–Crippen MR) is 93.7 cm³/mol. The zero-order chi connectivity index (χ0) is 14.8. The lowest BCUT2D eigenvalue weighted by atomic mass is 10.0. The molecule has 0 bridgehead atoms. The van der Waals surface area contributed by atoms with E-state index >= 15 is 0 Å². The van der Waals surface area contributed by atoms with Gasteiger partial charge in [0.15, 0.2) is 0 Å². The molecule has 2 aliphatic heterocycles. The molecular formula is C17H22N4S. The van der Waals surface area contributed by atoms with Crippen LogP contribution in [-0.2, 0) is 0 Å². The first-order valence-electron chi connectivity index (χ1n) is 8.18. The second kappa shape index (κ2) is 6.42. The van der Waals surface area contributed by atoms with Crippen molar-refractivity contribution in [2.75, 3.05) is 42.6 Å². The topological polar surface area (TPSA) is 32.3 Å². The number of aromatic nitrogens is 2. The normalized spacial score (nSPS) is 21.4. The van der Waals surface area contributed by atoms with E-state index in [1.165, 1.54) is 42.8 Å². The Kier molecular flexibility index (Phi) is 4.17. The van der Waals surface area contributed by atoms with Crippen molar-refractivity contribution in [1.82, 2.24) is 14.9 Å². The van der Waals surface area contributed by atoms with Gasteiger partial charge in [0.2, 0.25) is 0 Å². The Balaban J connectivity index is 1.48. The summed E-state index contributed by atoms with van der Waals surface area (Å²) in [4.78, 5) is 14.1. The summed E-state index contributed by atoms with van der Waals surface area (Å²) in [6.07, 6.45) is 4.21. The molecule has 0 unspecified atom stereocenters. The molecule has 2 aromatic rings. The van der Waals surface area contributed by atoms with Crippen molar-refractivity contribution >= 4 is 28.5 Å². The van der Waals surface area contributed by atoms with Gasteiger partial charge >= 0.3 is 0 Å². The fraction of sp³-hybridized carbons (Fsp3) is 0.529. The lowest BCUT2D eigenvalue weighted by Gasteiger charge is -2.40. The van der Waals surface area contributed by atoms with Gasteiger partial charge in [0.1, 0.15) is 12.1 Å². The molecule has 0 saturated carbocycles. The van der Waals surface area contributed by atoms with Gasteiger partial charge in [-0.25, -0.2) is 9.97 Å². The molecule has 22 heavy (non-hydrogen) atoms. The van der Waals surface area contributed by atoms with E-state index in [1.54, 1.807) is 6.33 Å². The van der Waals surface area contributed by atoms with E-state index in [1.807, 2.05) is 6.07 Å². The molecule has 0 atom stereocenters. The second-order valence-corrected chi connectivity index (χ2v) is 7.31. The maximum absolute atomic E-state index is 4.57. The maximum atomic E-state index is 4.57. The van der Waals surface area contributed by atoms with E-state index in [9.17, 15) is 0 Å². The van der Waals surface area contributed by atoms with Crippen molar-refractivity contribution in [2.45, 2.75) is 18.9 Å². The Morgan fingerprint density at radius 1 is 0.955 bits per heavy atom. The van der Waals surface area contributed by atoms with Gasteiger partial charge in [0, 0.05) is 49.1 Å². The minimum absolute atomic E-state index is 0.769. The van der Waals surface area contributed by atoms with Crippen LogP contribution in [0.15, 0.2) is 30.6 Å². The number of hydrogen-bond donors (Lipinski definition) is 0. The van der Waals surface area contributed by atoms with Crippen LogP contribution < -0.4 is 4.90 Å². The van der Waals surface area contributed by atoms with Crippen molar-refractivity contribution in [3.8, 4) is 0 Å². The molecule has 2 fully saturated rings. The number of benzene rings is 1. The number of thioether (sulfide) groups is 1. The quantitative estimate of drug-likeness (QED) is 0.851. The van der Waals surface area contributed by atoms with Gasteiger partial charge in [-0.3, -0.25) is 4.90 Å². The van der Waals surface area contributed by atoms with Crippen LogP contribution in [0.4, 0.5) is 5.82 Å². The molecule has 1 aromatic carbocycles. The van der Waals surface area contributed by atoms with E-state index in [0.717, 1.165) is 30.5 Å². The third-order valence-electron chi connectivity index (χ3n) is 4.85. The molecule has 0 amide bonds. The van der Waals surface area contributed by atoms with Gasteiger partial charge in [-0.1, -0.05) is 12.1 Å². The first kappa shape index (κ1) is 14.3. The summed E-state index contributed by atoms with van der Waals surface area (Å²) in [6.45, 7) is 4.75. The van der Waals surface area contributed by atoms with Crippen LogP contribution in [0.3, 0.4) is 0 Å². The van der Waals surface area contributed by atoms with Gasteiger partial charge in [0.25, 0.3) is 0 Å². The number of fused-ring (bicyclic) bond motifs is 1. The monoisotopic (exact) mass is 314 g/mol. The molecule has 0 aliphatic carbocycles. The highest BCUT2D eigenvalue weighted by Crippen LogP contribution is 2.27. The summed E-state index contributed by atoms with van der Waals surface area (Å²) in [5.41, 5.74) is 1.04. The molecule has 116 valence electrons. The minimum Gasteiger partial charge on any atom is -0.356 e. The van der Waals surface area contributed by atoms with Gasteiger partial charge in [0.05, 0.1) is 5.52 Å². The number of para-hydroxylation sites is 1. The van der Waals surface area contributed by atoms with Gasteiger partial charge in [-0.15, -0.1) is 0 Å². The molecule has 2 saturated heterocycles. The van der Waals surface area contributed by atoms with Gasteiger partial charge < -0.3 is 4.90 Å². The SMILES string of the molecule is c1ccc2c(N3CCC(N4CCSCC4)CC3)ncnc2c1. The number of rotatable bonds is 2. The van der Waals surface area contributed by atoms with E-state index in [4.69, 9.17) is 0 Å². The summed E-state index contributed by atoms with van der Waals surface area (Å²) in [7, 11) is 0. The largest absolute Gasteiger partial charge is 0.356 e. The lowest BCUT2D eigenvalue weighted by molar-refractivity contribution is 0.185. The third-order valence-corrected chi connectivity index (χ3v) is 5.79. The molecule has 1 aromatic heterocycles. The molecule has 2 aliphatic rings. The lowest BCUT2D eigenvalue weighted by Crippen LogP contribution is -2.48. The van der Waals surface area contributed by atoms with Gasteiger partial charge in [-0.05, 0) is 25.0 Å².